The maximum Gasteiger partial charge on any atom is 0.274 e. The van der Waals surface area contributed by atoms with Gasteiger partial charge in [-0.25, -0.2) is 4.68 Å². The molecule has 7 heteroatoms. The monoisotopic (exact) mass is 443 g/mol. The van der Waals surface area contributed by atoms with E-state index in [1.807, 2.05) is 39.9 Å². The summed E-state index contributed by atoms with van der Waals surface area (Å²) in [6.07, 6.45) is 2.92. The maximum absolute atomic E-state index is 13.4. The lowest BCUT2D eigenvalue weighted by Gasteiger charge is -2.34. The van der Waals surface area contributed by atoms with Crippen molar-refractivity contribution < 1.29 is 9.59 Å². The molecule has 1 aliphatic carbocycles. The van der Waals surface area contributed by atoms with Gasteiger partial charge in [-0.3, -0.25) is 14.5 Å². The van der Waals surface area contributed by atoms with E-state index in [4.69, 9.17) is 5.10 Å². The molecule has 170 valence electrons. The summed E-state index contributed by atoms with van der Waals surface area (Å²) >= 11 is 0. The second kappa shape index (κ2) is 9.19. The first-order valence-electron chi connectivity index (χ1n) is 11.6. The number of carbonyl (C=O) groups excluding carboxylic acids is 2. The standard InChI is InChI=1S/C26H29N5O2/c1-19-10-12-21(13-11-19)31-23-9-5-8-22(23)25(28-31)26(33)30-16-14-29(15-17-30)18-24(32)27-20-6-3-2-4-7-20/h2-4,6-7,10-13H,5,8-9,14-18H2,1H3,(H,27,32). The van der Waals surface area contributed by atoms with Crippen molar-refractivity contribution in [1.82, 2.24) is 19.6 Å². The van der Waals surface area contributed by atoms with Crippen LogP contribution in [0.25, 0.3) is 5.69 Å². The van der Waals surface area contributed by atoms with E-state index >= 15 is 0 Å². The van der Waals surface area contributed by atoms with E-state index in [1.165, 1.54) is 11.3 Å². The number of para-hydroxylation sites is 1. The van der Waals surface area contributed by atoms with Crippen LogP contribution in [0.2, 0.25) is 0 Å². The van der Waals surface area contributed by atoms with Crippen LogP contribution in [0, 0.1) is 6.92 Å². The van der Waals surface area contributed by atoms with Crippen LogP contribution in [0.4, 0.5) is 5.69 Å². The number of piperazine rings is 1. The number of aryl methyl sites for hydroxylation is 1. The Morgan fingerprint density at radius 1 is 0.939 bits per heavy atom. The van der Waals surface area contributed by atoms with Gasteiger partial charge in [0.1, 0.15) is 0 Å². The third-order valence-electron chi connectivity index (χ3n) is 6.50. The zero-order chi connectivity index (χ0) is 22.8. The maximum atomic E-state index is 13.4. The summed E-state index contributed by atoms with van der Waals surface area (Å²) in [6.45, 7) is 4.95. The minimum absolute atomic E-state index is 0.00685. The molecule has 0 saturated carbocycles. The summed E-state index contributed by atoms with van der Waals surface area (Å²) < 4.78 is 1.96. The first-order chi connectivity index (χ1) is 16.1. The van der Waals surface area contributed by atoms with E-state index in [2.05, 4.69) is 41.4 Å². The van der Waals surface area contributed by atoms with Crippen LogP contribution in [-0.4, -0.2) is 64.1 Å². The van der Waals surface area contributed by atoms with Gasteiger partial charge < -0.3 is 10.2 Å². The van der Waals surface area contributed by atoms with E-state index < -0.39 is 0 Å². The highest BCUT2D eigenvalue weighted by Crippen LogP contribution is 2.29. The molecule has 1 aromatic heterocycles. The number of aromatic nitrogens is 2. The highest BCUT2D eigenvalue weighted by atomic mass is 16.2. The number of carbonyl (C=O) groups is 2. The van der Waals surface area contributed by atoms with Crippen molar-refractivity contribution in [3.05, 3.63) is 77.1 Å². The van der Waals surface area contributed by atoms with Crippen molar-refractivity contribution in [2.24, 2.45) is 0 Å². The Kier molecular flexibility index (Phi) is 5.96. The molecule has 1 fully saturated rings. The number of nitrogens with zero attached hydrogens (tertiary/aromatic N) is 4. The zero-order valence-electron chi connectivity index (χ0n) is 19.0. The lowest BCUT2D eigenvalue weighted by Crippen LogP contribution is -2.50. The van der Waals surface area contributed by atoms with Crippen molar-refractivity contribution in [3.63, 3.8) is 0 Å². The summed E-state index contributed by atoms with van der Waals surface area (Å²) in [5.41, 5.74) is 5.87. The largest absolute Gasteiger partial charge is 0.335 e. The molecule has 0 atom stereocenters. The first-order valence-corrected chi connectivity index (χ1v) is 11.6. The molecule has 0 radical (unpaired) electrons. The number of benzene rings is 2. The van der Waals surface area contributed by atoms with Crippen molar-refractivity contribution in [3.8, 4) is 5.69 Å². The molecule has 5 rings (SSSR count). The van der Waals surface area contributed by atoms with Gasteiger partial charge in [0.2, 0.25) is 5.91 Å². The van der Waals surface area contributed by atoms with E-state index in [0.29, 0.717) is 38.4 Å². The molecular weight excluding hydrogens is 414 g/mol. The number of nitrogens with one attached hydrogen (secondary N) is 1. The van der Waals surface area contributed by atoms with Gasteiger partial charge in [0.05, 0.1) is 12.2 Å². The van der Waals surface area contributed by atoms with Crippen LogP contribution >= 0.6 is 0 Å². The number of amides is 2. The van der Waals surface area contributed by atoms with Crippen LogP contribution < -0.4 is 5.32 Å². The average Bonchev–Trinajstić information content (AvgIpc) is 3.43. The minimum atomic E-state index is -0.0318. The molecule has 1 aliphatic heterocycles. The van der Waals surface area contributed by atoms with Gasteiger partial charge in [0.25, 0.3) is 5.91 Å². The number of anilines is 1. The number of rotatable bonds is 5. The summed E-state index contributed by atoms with van der Waals surface area (Å²) in [7, 11) is 0. The van der Waals surface area contributed by atoms with Crippen molar-refractivity contribution in [2.75, 3.05) is 38.0 Å². The van der Waals surface area contributed by atoms with Crippen LogP contribution in [0.5, 0.6) is 0 Å². The molecule has 7 nitrogen and oxygen atoms in total. The predicted molar refractivity (Wildman–Crippen MR) is 128 cm³/mol. The van der Waals surface area contributed by atoms with Crippen molar-refractivity contribution in [2.45, 2.75) is 26.2 Å². The Hall–Kier alpha value is -3.45. The Labute approximate surface area is 194 Å². The normalized spacial score (nSPS) is 16.0. The Bertz CT molecular complexity index is 1150. The third kappa shape index (κ3) is 4.54. The highest BCUT2D eigenvalue weighted by Gasteiger charge is 2.31. The van der Waals surface area contributed by atoms with Gasteiger partial charge in [-0.2, -0.15) is 5.10 Å². The molecule has 1 N–H and O–H groups in total. The fourth-order valence-corrected chi connectivity index (χ4v) is 4.69. The van der Waals surface area contributed by atoms with E-state index in [-0.39, 0.29) is 11.8 Å². The summed E-state index contributed by atoms with van der Waals surface area (Å²) in [4.78, 5) is 29.7. The Morgan fingerprint density at radius 2 is 1.67 bits per heavy atom. The fourth-order valence-electron chi connectivity index (χ4n) is 4.69. The van der Waals surface area contributed by atoms with Gasteiger partial charge in [0.15, 0.2) is 5.69 Å². The molecule has 2 aromatic carbocycles. The molecule has 1 saturated heterocycles. The van der Waals surface area contributed by atoms with Crippen LogP contribution in [-0.2, 0) is 17.6 Å². The summed E-state index contributed by atoms with van der Waals surface area (Å²) in [5.74, 6) is -0.0250. The summed E-state index contributed by atoms with van der Waals surface area (Å²) in [5, 5.41) is 7.69. The molecule has 33 heavy (non-hydrogen) atoms. The number of hydrogen-bond donors (Lipinski definition) is 1. The smallest absolute Gasteiger partial charge is 0.274 e. The topological polar surface area (TPSA) is 70.5 Å². The molecule has 2 aliphatic rings. The third-order valence-corrected chi connectivity index (χ3v) is 6.50. The quantitative estimate of drug-likeness (QED) is 0.658. The van der Waals surface area contributed by atoms with Gasteiger partial charge in [-0.05, 0) is 50.5 Å². The second-order valence-corrected chi connectivity index (χ2v) is 8.86. The SMILES string of the molecule is Cc1ccc(-n2nc(C(=O)N3CCN(CC(=O)Nc4ccccc4)CC3)c3c2CCC3)cc1. The van der Waals surface area contributed by atoms with Gasteiger partial charge in [0, 0.05) is 43.1 Å². The highest BCUT2D eigenvalue weighted by molar-refractivity contribution is 5.94. The molecular formula is C26H29N5O2. The van der Waals surface area contributed by atoms with E-state index in [9.17, 15) is 9.59 Å². The lowest BCUT2D eigenvalue weighted by atomic mass is 10.1. The van der Waals surface area contributed by atoms with Gasteiger partial charge in [-0.1, -0.05) is 35.9 Å². The molecule has 2 amide bonds. The molecule has 0 unspecified atom stereocenters. The lowest BCUT2D eigenvalue weighted by molar-refractivity contribution is -0.117. The van der Waals surface area contributed by atoms with Crippen molar-refractivity contribution >= 4 is 17.5 Å². The van der Waals surface area contributed by atoms with Gasteiger partial charge >= 0.3 is 0 Å². The minimum Gasteiger partial charge on any atom is -0.335 e. The zero-order valence-corrected chi connectivity index (χ0v) is 19.0. The number of fused-ring (bicyclic) bond motifs is 1. The van der Waals surface area contributed by atoms with E-state index in [0.717, 1.165) is 36.2 Å². The van der Waals surface area contributed by atoms with Crippen LogP contribution in [0.3, 0.4) is 0 Å². The predicted octanol–water partition coefficient (Wildman–Crippen LogP) is 3.07. The Morgan fingerprint density at radius 3 is 2.39 bits per heavy atom. The van der Waals surface area contributed by atoms with Gasteiger partial charge in [-0.15, -0.1) is 0 Å². The number of hydrogen-bond acceptors (Lipinski definition) is 4. The molecule has 0 spiro atoms. The van der Waals surface area contributed by atoms with Crippen LogP contribution in [0.1, 0.15) is 33.7 Å². The summed E-state index contributed by atoms with van der Waals surface area (Å²) in [6, 6.07) is 17.8. The van der Waals surface area contributed by atoms with Crippen LogP contribution in [0.15, 0.2) is 54.6 Å². The molecule has 0 bridgehead atoms. The Balaban J connectivity index is 1.23. The molecule has 2 heterocycles. The van der Waals surface area contributed by atoms with E-state index in [1.54, 1.807) is 0 Å². The molecule has 3 aromatic rings. The average molecular weight is 444 g/mol. The second-order valence-electron chi connectivity index (χ2n) is 8.86. The van der Waals surface area contributed by atoms with Crippen molar-refractivity contribution in [1.29, 1.82) is 0 Å². The first kappa shape index (κ1) is 21.4. The fraction of sp³-hybridized carbons (Fsp3) is 0.346.